The summed E-state index contributed by atoms with van der Waals surface area (Å²) >= 11 is 0. The highest BCUT2D eigenvalue weighted by atomic mass is 32.2. The maximum atomic E-state index is 14.4. The SMILES string of the molecule is CC(C)S(=O)c1ccc(-c2cc(C(F)(F)F)ccc2OCC(=O)O)cc1F. The molecule has 0 amide bonds. The van der Waals surface area contributed by atoms with E-state index in [1.54, 1.807) is 13.8 Å². The first-order valence-corrected chi connectivity index (χ1v) is 8.98. The van der Waals surface area contributed by atoms with Crippen molar-refractivity contribution in [2.75, 3.05) is 6.61 Å². The highest BCUT2D eigenvalue weighted by Crippen LogP contribution is 2.38. The van der Waals surface area contributed by atoms with Crippen molar-refractivity contribution in [3.05, 3.63) is 47.8 Å². The van der Waals surface area contributed by atoms with Crippen molar-refractivity contribution in [2.45, 2.75) is 30.2 Å². The molecule has 4 nitrogen and oxygen atoms in total. The van der Waals surface area contributed by atoms with Crippen LogP contribution < -0.4 is 4.74 Å². The van der Waals surface area contributed by atoms with Crippen LogP contribution in [0, 0.1) is 5.82 Å². The number of benzene rings is 2. The predicted molar refractivity (Wildman–Crippen MR) is 91.5 cm³/mol. The van der Waals surface area contributed by atoms with Gasteiger partial charge in [-0.05, 0) is 35.9 Å². The Morgan fingerprint density at radius 3 is 2.37 bits per heavy atom. The third kappa shape index (κ3) is 5.06. The zero-order valence-corrected chi connectivity index (χ0v) is 15.2. The molecule has 0 radical (unpaired) electrons. The number of aliphatic carboxylic acids is 1. The fraction of sp³-hybridized carbons (Fsp3) is 0.278. The fourth-order valence-corrected chi connectivity index (χ4v) is 3.24. The fourth-order valence-electron chi connectivity index (χ4n) is 2.28. The van der Waals surface area contributed by atoms with Crippen molar-refractivity contribution in [2.24, 2.45) is 0 Å². The summed E-state index contributed by atoms with van der Waals surface area (Å²) in [5.74, 6) is -2.28. The van der Waals surface area contributed by atoms with Gasteiger partial charge in [-0.25, -0.2) is 9.18 Å². The number of alkyl halides is 3. The van der Waals surface area contributed by atoms with Crippen molar-refractivity contribution in [3.63, 3.8) is 0 Å². The lowest BCUT2D eigenvalue weighted by atomic mass is 10.0. The van der Waals surface area contributed by atoms with Crippen molar-refractivity contribution < 1.29 is 36.4 Å². The molecule has 0 heterocycles. The molecule has 0 aromatic heterocycles. The van der Waals surface area contributed by atoms with Crippen LogP contribution in [-0.4, -0.2) is 27.1 Å². The second-order valence-corrected chi connectivity index (χ2v) is 7.86. The number of rotatable bonds is 6. The van der Waals surface area contributed by atoms with Crippen LogP contribution in [0.4, 0.5) is 17.6 Å². The second-order valence-electron chi connectivity index (χ2n) is 5.88. The van der Waals surface area contributed by atoms with Crippen LogP contribution in [0.5, 0.6) is 5.75 Å². The minimum atomic E-state index is -4.64. The zero-order valence-electron chi connectivity index (χ0n) is 14.3. The number of carbonyl (C=O) groups is 1. The average Bonchev–Trinajstić information content (AvgIpc) is 2.58. The summed E-state index contributed by atoms with van der Waals surface area (Å²) in [6.45, 7) is 2.53. The molecule has 9 heteroatoms. The minimum Gasteiger partial charge on any atom is -0.481 e. The van der Waals surface area contributed by atoms with Gasteiger partial charge in [0.15, 0.2) is 6.61 Å². The van der Waals surface area contributed by atoms with Gasteiger partial charge in [0, 0.05) is 10.8 Å². The van der Waals surface area contributed by atoms with E-state index in [2.05, 4.69) is 0 Å². The summed E-state index contributed by atoms with van der Waals surface area (Å²) in [6.07, 6.45) is -4.64. The van der Waals surface area contributed by atoms with Gasteiger partial charge < -0.3 is 9.84 Å². The molecular weight excluding hydrogens is 388 g/mol. The third-order valence-electron chi connectivity index (χ3n) is 3.55. The largest absolute Gasteiger partial charge is 0.481 e. The molecule has 0 aliphatic rings. The lowest BCUT2D eigenvalue weighted by Gasteiger charge is -2.15. The van der Waals surface area contributed by atoms with Gasteiger partial charge in [-0.3, -0.25) is 4.21 Å². The quantitative estimate of drug-likeness (QED) is 0.721. The Kier molecular flexibility index (Phi) is 6.25. The van der Waals surface area contributed by atoms with Gasteiger partial charge in [0.05, 0.1) is 21.3 Å². The highest BCUT2D eigenvalue weighted by Gasteiger charge is 2.31. The van der Waals surface area contributed by atoms with Gasteiger partial charge in [-0.2, -0.15) is 13.2 Å². The van der Waals surface area contributed by atoms with E-state index in [-0.39, 0.29) is 27.0 Å². The van der Waals surface area contributed by atoms with Gasteiger partial charge in [0.2, 0.25) is 0 Å². The van der Waals surface area contributed by atoms with Crippen LogP contribution >= 0.6 is 0 Å². The summed E-state index contributed by atoms with van der Waals surface area (Å²) in [7, 11) is -1.61. The van der Waals surface area contributed by atoms with Gasteiger partial charge >= 0.3 is 12.1 Å². The van der Waals surface area contributed by atoms with E-state index in [1.165, 1.54) is 12.1 Å². The van der Waals surface area contributed by atoms with E-state index in [0.717, 1.165) is 24.3 Å². The van der Waals surface area contributed by atoms with E-state index < -0.39 is 40.9 Å². The molecule has 0 aliphatic heterocycles. The number of halogens is 4. The van der Waals surface area contributed by atoms with E-state index in [1.807, 2.05) is 0 Å². The molecule has 0 saturated carbocycles. The average molecular weight is 404 g/mol. The molecule has 0 spiro atoms. The molecule has 1 N–H and O–H groups in total. The zero-order chi connectivity index (χ0) is 20.4. The van der Waals surface area contributed by atoms with Crippen LogP contribution in [0.3, 0.4) is 0 Å². The maximum Gasteiger partial charge on any atom is 0.416 e. The Bertz CT molecular complexity index is 878. The van der Waals surface area contributed by atoms with Gasteiger partial charge in [0.1, 0.15) is 11.6 Å². The third-order valence-corrected chi connectivity index (χ3v) is 5.17. The Morgan fingerprint density at radius 2 is 1.85 bits per heavy atom. The number of carboxylic acids is 1. The molecule has 2 rings (SSSR count). The maximum absolute atomic E-state index is 14.4. The molecule has 146 valence electrons. The smallest absolute Gasteiger partial charge is 0.416 e. The van der Waals surface area contributed by atoms with Crippen molar-refractivity contribution >= 4 is 16.8 Å². The van der Waals surface area contributed by atoms with Crippen molar-refractivity contribution in [3.8, 4) is 16.9 Å². The second kappa shape index (κ2) is 8.08. The summed E-state index contributed by atoms with van der Waals surface area (Å²) < 4.78 is 70.5. The monoisotopic (exact) mass is 404 g/mol. The molecule has 0 aliphatic carbocycles. The number of ether oxygens (including phenoxy) is 1. The number of hydrogen-bond donors (Lipinski definition) is 1. The minimum absolute atomic E-state index is 0.0449. The molecule has 0 saturated heterocycles. The molecule has 27 heavy (non-hydrogen) atoms. The van der Waals surface area contributed by atoms with E-state index in [9.17, 15) is 26.6 Å². The first-order valence-electron chi connectivity index (χ1n) is 7.77. The Morgan fingerprint density at radius 1 is 1.19 bits per heavy atom. The number of hydrogen-bond acceptors (Lipinski definition) is 3. The summed E-state index contributed by atoms with van der Waals surface area (Å²) in [5.41, 5.74) is -1.06. The van der Waals surface area contributed by atoms with Gasteiger partial charge in [0.25, 0.3) is 0 Å². The Balaban J connectivity index is 2.55. The first kappa shape index (κ1) is 20.9. The molecule has 2 aromatic rings. The van der Waals surface area contributed by atoms with Crippen LogP contribution in [0.15, 0.2) is 41.3 Å². The van der Waals surface area contributed by atoms with Crippen LogP contribution in [0.25, 0.3) is 11.1 Å². The molecule has 0 bridgehead atoms. The lowest BCUT2D eigenvalue weighted by molar-refractivity contribution is -0.140. The molecular formula is C18H16F4O4S. The molecule has 0 fully saturated rings. The summed E-state index contributed by atoms with van der Waals surface area (Å²) in [5, 5.41) is 8.38. The molecule has 1 atom stereocenters. The van der Waals surface area contributed by atoms with Crippen LogP contribution in [0.2, 0.25) is 0 Å². The Labute approximate surface area is 155 Å². The van der Waals surface area contributed by atoms with E-state index >= 15 is 0 Å². The Hall–Kier alpha value is -2.42. The standard InChI is InChI=1S/C18H16F4O4S/c1-10(2)27(25)16-6-3-11(7-14(16)19)13-8-12(18(20,21)22)4-5-15(13)26-9-17(23)24/h3-8,10H,9H2,1-2H3,(H,23,24). The van der Waals surface area contributed by atoms with Crippen molar-refractivity contribution in [1.82, 2.24) is 0 Å². The van der Waals surface area contributed by atoms with Gasteiger partial charge in [-0.15, -0.1) is 0 Å². The van der Waals surface area contributed by atoms with Crippen molar-refractivity contribution in [1.29, 1.82) is 0 Å². The van der Waals surface area contributed by atoms with Crippen LogP contribution in [-0.2, 0) is 21.8 Å². The summed E-state index contributed by atoms with van der Waals surface area (Å²) in [6, 6.07) is 6.01. The lowest BCUT2D eigenvalue weighted by Crippen LogP contribution is -2.11. The summed E-state index contributed by atoms with van der Waals surface area (Å²) in [4.78, 5) is 10.6. The highest BCUT2D eigenvalue weighted by molar-refractivity contribution is 7.85. The van der Waals surface area contributed by atoms with Crippen LogP contribution in [0.1, 0.15) is 19.4 Å². The topological polar surface area (TPSA) is 63.6 Å². The first-order chi connectivity index (χ1) is 12.5. The van der Waals surface area contributed by atoms with E-state index in [0.29, 0.717) is 0 Å². The predicted octanol–water partition coefficient (Wildman–Crippen LogP) is 4.49. The van der Waals surface area contributed by atoms with E-state index in [4.69, 9.17) is 9.84 Å². The number of carboxylic acid groups (broad SMARTS) is 1. The molecule has 1 unspecified atom stereocenters. The van der Waals surface area contributed by atoms with Gasteiger partial charge in [-0.1, -0.05) is 19.9 Å². The normalized spacial score (nSPS) is 12.9. The molecule has 2 aromatic carbocycles.